The largest absolute Gasteiger partial charge is 0.436 e. The Hall–Kier alpha value is -0.830. The number of fused-ring (bicyclic) bond motifs is 1. The smallest absolute Gasteiger partial charge is 0.304 e. The van der Waals surface area contributed by atoms with Gasteiger partial charge in [-0.15, -0.1) is 0 Å². The van der Waals surface area contributed by atoms with Crippen LogP contribution < -0.4 is 0 Å². The Morgan fingerprint density at radius 3 is 2.80 bits per heavy atom. The zero-order chi connectivity index (χ0) is 14.2. The molecule has 0 radical (unpaired) electrons. The lowest BCUT2D eigenvalue weighted by molar-refractivity contribution is -0.173. The molecule has 0 spiro atoms. The van der Waals surface area contributed by atoms with E-state index in [1.165, 1.54) is 39.0 Å². The molecule has 0 N–H and O–H groups in total. The van der Waals surface area contributed by atoms with Gasteiger partial charge in [0.1, 0.15) is 0 Å². The van der Waals surface area contributed by atoms with E-state index in [1.54, 1.807) is 5.57 Å². The summed E-state index contributed by atoms with van der Waals surface area (Å²) in [7, 11) is 0. The first-order valence-electron chi connectivity index (χ1n) is 8.08. The van der Waals surface area contributed by atoms with E-state index >= 15 is 0 Å². The topological polar surface area (TPSA) is 35.5 Å². The summed E-state index contributed by atoms with van der Waals surface area (Å²) in [5.41, 5.74) is 2.06. The van der Waals surface area contributed by atoms with Crippen LogP contribution in [0.3, 0.4) is 0 Å². The number of carbonyl (C=O) groups excluding carboxylic acids is 1. The summed E-state index contributed by atoms with van der Waals surface area (Å²) in [4.78, 5) is 11.1. The summed E-state index contributed by atoms with van der Waals surface area (Å²) < 4.78 is 11.0. The molecule has 3 nitrogen and oxygen atoms in total. The van der Waals surface area contributed by atoms with E-state index in [2.05, 4.69) is 13.0 Å². The van der Waals surface area contributed by atoms with Crippen molar-refractivity contribution in [2.45, 2.75) is 65.1 Å². The Labute approximate surface area is 121 Å². The Morgan fingerprint density at radius 2 is 2.10 bits per heavy atom. The predicted molar refractivity (Wildman–Crippen MR) is 77.0 cm³/mol. The molecule has 112 valence electrons. The van der Waals surface area contributed by atoms with Gasteiger partial charge in [0.15, 0.2) is 0 Å². The summed E-state index contributed by atoms with van der Waals surface area (Å²) in [5.74, 6) is 0.585. The maximum absolute atomic E-state index is 11.1. The zero-order valence-corrected chi connectivity index (χ0v) is 12.7. The van der Waals surface area contributed by atoms with Gasteiger partial charge in [-0.2, -0.15) is 0 Å². The maximum Gasteiger partial charge on any atom is 0.304 e. The van der Waals surface area contributed by atoms with Crippen molar-refractivity contribution in [3.05, 3.63) is 11.6 Å². The third kappa shape index (κ3) is 2.65. The van der Waals surface area contributed by atoms with Gasteiger partial charge in [0.25, 0.3) is 0 Å². The van der Waals surface area contributed by atoms with Crippen molar-refractivity contribution in [1.29, 1.82) is 0 Å². The van der Waals surface area contributed by atoms with Gasteiger partial charge < -0.3 is 9.47 Å². The fourth-order valence-electron chi connectivity index (χ4n) is 4.28. The molecule has 3 heteroatoms. The van der Waals surface area contributed by atoms with E-state index in [-0.39, 0.29) is 12.3 Å². The standard InChI is InChI=1S/C17H26O3/c1-12(18)20-16-15-7-6-14(10-13(15)11-19-16)17(2)8-4-3-5-9-17/h10,13,15-16H,3-9,11H2,1-2H3/t13-,15-,16+/m1/s1. The van der Waals surface area contributed by atoms with Crippen LogP contribution in [0.15, 0.2) is 11.6 Å². The normalized spacial score (nSPS) is 36.1. The van der Waals surface area contributed by atoms with E-state index in [1.807, 2.05) is 0 Å². The summed E-state index contributed by atoms with van der Waals surface area (Å²) >= 11 is 0. The monoisotopic (exact) mass is 278 g/mol. The highest BCUT2D eigenvalue weighted by Crippen LogP contribution is 2.49. The SMILES string of the molecule is CC(=O)O[C@@H]1OC[C@H]2C=C(C3(C)CCCCC3)CC[C@@H]12. The number of carbonyl (C=O) groups is 1. The molecule has 3 rings (SSSR count). The second-order valence-corrected chi connectivity index (χ2v) is 6.99. The van der Waals surface area contributed by atoms with E-state index in [4.69, 9.17) is 9.47 Å². The second kappa shape index (κ2) is 5.51. The molecule has 0 aromatic heterocycles. The molecule has 1 heterocycles. The fraction of sp³-hybridized carbons (Fsp3) is 0.824. The first-order valence-corrected chi connectivity index (χ1v) is 8.08. The maximum atomic E-state index is 11.1. The molecule has 0 aromatic carbocycles. The minimum Gasteiger partial charge on any atom is -0.436 e. The van der Waals surface area contributed by atoms with Crippen LogP contribution in [0.25, 0.3) is 0 Å². The van der Waals surface area contributed by atoms with Gasteiger partial charge in [-0.3, -0.25) is 4.79 Å². The molecular formula is C17H26O3. The van der Waals surface area contributed by atoms with Crippen molar-refractivity contribution in [2.75, 3.05) is 6.61 Å². The minimum atomic E-state index is -0.311. The molecule has 2 aliphatic carbocycles. The molecule has 0 bridgehead atoms. The second-order valence-electron chi connectivity index (χ2n) is 6.99. The van der Waals surface area contributed by atoms with Crippen molar-refractivity contribution < 1.29 is 14.3 Å². The molecule has 3 aliphatic rings. The van der Waals surface area contributed by atoms with Crippen LogP contribution in [0.5, 0.6) is 0 Å². The van der Waals surface area contributed by atoms with Crippen LogP contribution in [-0.4, -0.2) is 18.9 Å². The molecular weight excluding hydrogens is 252 g/mol. The van der Waals surface area contributed by atoms with Gasteiger partial charge in [0.2, 0.25) is 6.29 Å². The quantitative estimate of drug-likeness (QED) is 0.569. The lowest BCUT2D eigenvalue weighted by atomic mass is 9.65. The van der Waals surface area contributed by atoms with Crippen LogP contribution in [0.1, 0.15) is 58.8 Å². The molecule has 0 amide bonds. The number of hydrogen-bond donors (Lipinski definition) is 0. The van der Waals surface area contributed by atoms with E-state index in [0.717, 1.165) is 12.8 Å². The van der Waals surface area contributed by atoms with Crippen molar-refractivity contribution >= 4 is 5.97 Å². The Morgan fingerprint density at radius 1 is 1.35 bits per heavy atom. The van der Waals surface area contributed by atoms with Crippen molar-refractivity contribution in [3.8, 4) is 0 Å². The Balaban J connectivity index is 1.71. The first kappa shape index (κ1) is 14.1. The van der Waals surface area contributed by atoms with Crippen molar-refractivity contribution in [1.82, 2.24) is 0 Å². The Kier molecular flexibility index (Phi) is 3.89. The Bertz CT molecular complexity index is 406. The predicted octanol–water partition coefficient (Wildman–Crippen LogP) is 3.83. The van der Waals surface area contributed by atoms with E-state index in [0.29, 0.717) is 23.9 Å². The van der Waals surface area contributed by atoms with Crippen LogP contribution in [0.4, 0.5) is 0 Å². The van der Waals surface area contributed by atoms with Gasteiger partial charge in [-0.25, -0.2) is 0 Å². The molecule has 1 saturated carbocycles. The molecule has 1 saturated heterocycles. The molecule has 1 aliphatic heterocycles. The number of ether oxygens (including phenoxy) is 2. The summed E-state index contributed by atoms with van der Waals surface area (Å²) in [6.07, 6.45) is 11.2. The van der Waals surface area contributed by atoms with Gasteiger partial charge in [-0.05, 0) is 31.1 Å². The molecule has 3 atom stereocenters. The summed E-state index contributed by atoms with van der Waals surface area (Å²) in [6.45, 7) is 4.61. The number of allylic oxidation sites excluding steroid dienone is 1. The zero-order valence-electron chi connectivity index (χ0n) is 12.7. The summed E-state index contributed by atoms with van der Waals surface area (Å²) in [6, 6.07) is 0. The van der Waals surface area contributed by atoms with Crippen LogP contribution >= 0.6 is 0 Å². The lowest BCUT2D eigenvalue weighted by Crippen LogP contribution is -2.31. The number of esters is 1. The molecule has 2 fully saturated rings. The molecule has 0 unspecified atom stereocenters. The van der Waals surface area contributed by atoms with Gasteiger partial charge >= 0.3 is 5.97 Å². The highest BCUT2D eigenvalue weighted by atomic mass is 16.7. The highest BCUT2D eigenvalue weighted by Gasteiger charge is 2.43. The van der Waals surface area contributed by atoms with E-state index < -0.39 is 0 Å². The summed E-state index contributed by atoms with van der Waals surface area (Å²) in [5, 5.41) is 0. The molecule has 0 aromatic rings. The first-order chi connectivity index (χ1) is 9.58. The van der Waals surface area contributed by atoms with Gasteiger partial charge in [-0.1, -0.05) is 37.8 Å². The van der Waals surface area contributed by atoms with Crippen LogP contribution in [-0.2, 0) is 14.3 Å². The van der Waals surface area contributed by atoms with Gasteiger partial charge in [0.05, 0.1) is 6.61 Å². The fourth-order valence-corrected chi connectivity index (χ4v) is 4.28. The minimum absolute atomic E-state index is 0.232. The highest BCUT2D eigenvalue weighted by molar-refractivity contribution is 5.66. The third-order valence-electron chi connectivity index (χ3n) is 5.53. The third-order valence-corrected chi connectivity index (χ3v) is 5.53. The number of hydrogen-bond acceptors (Lipinski definition) is 3. The van der Waals surface area contributed by atoms with Gasteiger partial charge in [0, 0.05) is 18.8 Å². The molecule has 20 heavy (non-hydrogen) atoms. The number of rotatable bonds is 2. The lowest BCUT2D eigenvalue weighted by Gasteiger charge is -2.39. The van der Waals surface area contributed by atoms with Crippen LogP contribution in [0.2, 0.25) is 0 Å². The van der Waals surface area contributed by atoms with Crippen molar-refractivity contribution in [3.63, 3.8) is 0 Å². The average molecular weight is 278 g/mol. The van der Waals surface area contributed by atoms with Crippen molar-refractivity contribution in [2.24, 2.45) is 17.3 Å². The van der Waals surface area contributed by atoms with E-state index in [9.17, 15) is 4.79 Å². The van der Waals surface area contributed by atoms with Crippen LogP contribution in [0, 0.1) is 17.3 Å². The average Bonchev–Trinajstić information content (AvgIpc) is 2.81.